The van der Waals surface area contributed by atoms with Gasteiger partial charge < -0.3 is 5.32 Å². The van der Waals surface area contributed by atoms with Crippen LogP contribution < -0.4 is 10.0 Å². The maximum Gasteiger partial charge on any atom is 0.243 e. The monoisotopic (exact) mass is 332 g/mol. The third-order valence-corrected chi connectivity index (χ3v) is 4.93. The predicted octanol–water partition coefficient (Wildman–Crippen LogP) is 2.10. The first-order valence-corrected chi connectivity index (χ1v) is 8.49. The second-order valence-electron chi connectivity index (χ2n) is 3.80. The number of aromatic nitrogens is 2. The van der Waals surface area contributed by atoms with Crippen LogP contribution in [-0.4, -0.2) is 24.9 Å². The van der Waals surface area contributed by atoms with E-state index in [-0.39, 0.29) is 11.4 Å². The Kier molecular flexibility index (Phi) is 4.92. The minimum absolute atomic E-state index is 0.0295. The van der Waals surface area contributed by atoms with Gasteiger partial charge in [0.2, 0.25) is 16.0 Å². The van der Waals surface area contributed by atoms with Crippen molar-refractivity contribution in [3.8, 4) is 0 Å². The first-order chi connectivity index (χ1) is 9.51. The van der Waals surface area contributed by atoms with Crippen molar-refractivity contribution < 1.29 is 8.42 Å². The van der Waals surface area contributed by atoms with Crippen molar-refractivity contribution in [2.24, 2.45) is 0 Å². The first-order valence-electron chi connectivity index (χ1n) is 5.81. The molecule has 108 valence electrons. The molecule has 0 aliphatic rings. The summed E-state index contributed by atoms with van der Waals surface area (Å²) in [7, 11) is -3.62. The molecule has 0 aromatic carbocycles. The first kappa shape index (κ1) is 15.2. The number of sulfonamides is 1. The van der Waals surface area contributed by atoms with Crippen molar-refractivity contribution >= 4 is 38.9 Å². The zero-order valence-electron chi connectivity index (χ0n) is 10.6. The number of thiophene rings is 1. The summed E-state index contributed by atoms with van der Waals surface area (Å²) in [5.41, 5.74) is 0. The van der Waals surface area contributed by atoms with Gasteiger partial charge in [-0.3, -0.25) is 0 Å². The summed E-state index contributed by atoms with van der Waals surface area (Å²) in [5.74, 6) is 0.400. The minimum atomic E-state index is -3.62. The van der Waals surface area contributed by atoms with Gasteiger partial charge in [-0.05, 0) is 19.1 Å². The van der Waals surface area contributed by atoms with Gasteiger partial charge in [-0.1, -0.05) is 11.6 Å². The molecule has 2 aromatic heterocycles. The fraction of sp³-hybridized carbons (Fsp3) is 0.273. The fourth-order valence-electron chi connectivity index (χ4n) is 1.40. The van der Waals surface area contributed by atoms with Crippen LogP contribution >= 0.6 is 22.9 Å². The third kappa shape index (κ3) is 3.89. The summed E-state index contributed by atoms with van der Waals surface area (Å²) in [6.07, 6.45) is 2.55. The van der Waals surface area contributed by atoms with Gasteiger partial charge in [0.15, 0.2) is 0 Å². The van der Waals surface area contributed by atoms with Gasteiger partial charge in [0.1, 0.15) is 4.90 Å². The lowest BCUT2D eigenvalue weighted by Gasteiger charge is -2.06. The van der Waals surface area contributed by atoms with Gasteiger partial charge >= 0.3 is 0 Å². The maximum absolute atomic E-state index is 12.0. The Hall–Kier alpha value is -1.22. The number of anilines is 1. The van der Waals surface area contributed by atoms with E-state index in [1.165, 1.54) is 23.7 Å². The highest BCUT2D eigenvalue weighted by Crippen LogP contribution is 2.21. The number of nitrogens with zero attached hydrogens (tertiary/aromatic N) is 2. The van der Waals surface area contributed by atoms with Crippen LogP contribution in [0.15, 0.2) is 29.4 Å². The molecule has 0 aliphatic heterocycles. The van der Waals surface area contributed by atoms with Gasteiger partial charge in [0, 0.05) is 18.0 Å². The van der Waals surface area contributed by atoms with E-state index in [0.717, 1.165) is 4.88 Å². The fourth-order valence-corrected chi connectivity index (χ4v) is 3.41. The van der Waals surface area contributed by atoms with Crippen LogP contribution in [0, 0.1) is 0 Å². The number of rotatable bonds is 6. The van der Waals surface area contributed by atoms with Crippen LogP contribution in [0.25, 0.3) is 0 Å². The number of nitrogens with one attached hydrogen (secondary N) is 2. The largest absolute Gasteiger partial charge is 0.355 e. The van der Waals surface area contributed by atoms with Crippen molar-refractivity contribution in [1.82, 2.24) is 14.7 Å². The van der Waals surface area contributed by atoms with E-state index in [4.69, 9.17) is 11.6 Å². The van der Waals surface area contributed by atoms with Crippen LogP contribution in [0.4, 0.5) is 5.95 Å². The molecule has 0 aliphatic carbocycles. The summed E-state index contributed by atoms with van der Waals surface area (Å²) in [4.78, 5) is 8.73. The second-order valence-corrected chi connectivity index (χ2v) is 7.37. The normalized spacial score (nSPS) is 11.5. The van der Waals surface area contributed by atoms with Crippen molar-refractivity contribution in [3.05, 3.63) is 33.7 Å². The molecule has 2 N–H and O–H groups in total. The molecule has 0 saturated heterocycles. The van der Waals surface area contributed by atoms with E-state index in [1.54, 1.807) is 12.1 Å². The minimum Gasteiger partial charge on any atom is -0.355 e. The molecular weight excluding hydrogens is 320 g/mol. The van der Waals surface area contributed by atoms with Crippen LogP contribution in [-0.2, 0) is 16.6 Å². The Morgan fingerprint density at radius 1 is 1.30 bits per heavy atom. The smallest absolute Gasteiger partial charge is 0.243 e. The van der Waals surface area contributed by atoms with E-state index in [1.807, 2.05) is 6.92 Å². The lowest BCUT2D eigenvalue weighted by molar-refractivity contribution is 0.581. The SMILES string of the molecule is CCNc1ncc(S(=O)(=O)NCc2ccc(Cl)s2)cn1. The molecule has 2 aromatic rings. The molecule has 0 fully saturated rings. The highest BCUT2D eigenvalue weighted by Gasteiger charge is 2.15. The summed E-state index contributed by atoms with van der Waals surface area (Å²) in [6.45, 7) is 2.76. The van der Waals surface area contributed by atoms with Crippen LogP contribution in [0.1, 0.15) is 11.8 Å². The van der Waals surface area contributed by atoms with Gasteiger partial charge in [0.25, 0.3) is 0 Å². The second kappa shape index (κ2) is 6.49. The van der Waals surface area contributed by atoms with Gasteiger partial charge in [-0.2, -0.15) is 0 Å². The van der Waals surface area contributed by atoms with Crippen molar-refractivity contribution in [2.45, 2.75) is 18.4 Å². The van der Waals surface area contributed by atoms with Gasteiger partial charge in [-0.15, -0.1) is 11.3 Å². The molecule has 0 unspecified atom stereocenters. The van der Waals surface area contributed by atoms with E-state index in [0.29, 0.717) is 16.8 Å². The van der Waals surface area contributed by atoms with E-state index >= 15 is 0 Å². The highest BCUT2D eigenvalue weighted by atomic mass is 35.5. The Morgan fingerprint density at radius 3 is 2.55 bits per heavy atom. The van der Waals surface area contributed by atoms with Crippen LogP contribution in [0.3, 0.4) is 0 Å². The van der Waals surface area contributed by atoms with E-state index in [9.17, 15) is 8.42 Å². The average molecular weight is 333 g/mol. The molecule has 0 bridgehead atoms. The predicted molar refractivity (Wildman–Crippen MR) is 79.6 cm³/mol. The summed E-state index contributed by atoms with van der Waals surface area (Å²) >= 11 is 7.12. The number of hydrogen-bond donors (Lipinski definition) is 2. The quantitative estimate of drug-likeness (QED) is 0.846. The zero-order valence-corrected chi connectivity index (χ0v) is 13.0. The molecule has 0 atom stereocenters. The van der Waals surface area contributed by atoms with Crippen molar-refractivity contribution in [3.63, 3.8) is 0 Å². The Morgan fingerprint density at radius 2 is 2.00 bits per heavy atom. The van der Waals surface area contributed by atoms with E-state index < -0.39 is 10.0 Å². The number of hydrogen-bond acceptors (Lipinski definition) is 6. The highest BCUT2D eigenvalue weighted by molar-refractivity contribution is 7.89. The Labute approximate surface area is 126 Å². The van der Waals surface area contributed by atoms with Gasteiger partial charge in [0.05, 0.1) is 16.7 Å². The molecule has 2 rings (SSSR count). The lowest BCUT2D eigenvalue weighted by atomic mass is 10.5. The Bertz CT molecular complexity index is 670. The summed E-state index contributed by atoms with van der Waals surface area (Å²) in [5, 5.41) is 2.90. The summed E-state index contributed by atoms with van der Waals surface area (Å²) < 4.78 is 27.2. The zero-order chi connectivity index (χ0) is 14.6. The molecule has 9 heteroatoms. The molecule has 0 spiro atoms. The maximum atomic E-state index is 12.0. The van der Waals surface area contributed by atoms with Gasteiger partial charge in [-0.25, -0.2) is 23.1 Å². The topological polar surface area (TPSA) is 84.0 Å². The van der Waals surface area contributed by atoms with Crippen molar-refractivity contribution in [2.75, 3.05) is 11.9 Å². The average Bonchev–Trinajstić information content (AvgIpc) is 2.84. The molecule has 2 heterocycles. The third-order valence-electron chi connectivity index (χ3n) is 2.34. The lowest BCUT2D eigenvalue weighted by Crippen LogP contribution is -2.23. The molecule has 20 heavy (non-hydrogen) atoms. The molecule has 6 nitrogen and oxygen atoms in total. The summed E-state index contributed by atoms with van der Waals surface area (Å²) in [6, 6.07) is 3.50. The van der Waals surface area contributed by atoms with E-state index in [2.05, 4.69) is 20.0 Å². The standard InChI is InChI=1S/C11H13ClN4O2S2/c1-2-13-11-14-6-9(7-15-11)20(17,18)16-5-8-3-4-10(12)19-8/h3-4,6-7,16H,2,5H2,1H3,(H,13,14,15). The van der Waals surface area contributed by atoms with Crippen LogP contribution in [0.5, 0.6) is 0 Å². The number of halogens is 1. The molecule has 0 amide bonds. The Balaban J connectivity index is 2.05. The van der Waals surface area contributed by atoms with Crippen molar-refractivity contribution in [1.29, 1.82) is 0 Å². The molecular formula is C11H13ClN4O2S2. The molecule has 0 saturated carbocycles. The van der Waals surface area contributed by atoms with Crippen LogP contribution in [0.2, 0.25) is 4.34 Å². The molecule has 0 radical (unpaired) electrons.